The van der Waals surface area contributed by atoms with Gasteiger partial charge in [-0.1, -0.05) is 39.3 Å². The van der Waals surface area contributed by atoms with Crippen LogP contribution in [-0.4, -0.2) is 23.7 Å². The van der Waals surface area contributed by atoms with Crippen LogP contribution in [0.4, 0.5) is 0 Å². The maximum atomic E-state index is 11.4. The summed E-state index contributed by atoms with van der Waals surface area (Å²) < 4.78 is 5.46. The Kier molecular flexibility index (Phi) is 6.57. The summed E-state index contributed by atoms with van der Waals surface area (Å²) in [6.45, 7) is 13.1. The molecular formula is C22H36O4. The first kappa shape index (κ1) is 21.0. The summed E-state index contributed by atoms with van der Waals surface area (Å²) in [5.74, 6) is 0.247. The Morgan fingerprint density at radius 1 is 1.35 bits per heavy atom. The third kappa shape index (κ3) is 4.50. The number of aliphatic carboxylic acids is 1. The Balaban J connectivity index is 2.15. The van der Waals surface area contributed by atoms with Crippen LogP contribution in [0.5, 0.6) is 0 Å². The van der Waals surface area contributed by atoms with E-state index in [0.29, 0.717) is 18.4 Å². The number of hydrogen-bond acceptors (Lipinski definition) is 3. The fraction of sp³-hybridized carbons (Fsp3) is 0.818. The van der Waals surface area contributed by atoms with E-state index >= 15 is 0 Å². The Hall–Kier alpha value is -1.32. The first-order valence-corrected chi connectivity index (χ1v) is 10.1. The number of carboxylic acid groups (broad SMARTS) is 1. The highest BCUT2D eigenvalue weighted by atomic mass is 16.5. The van der Waals surface area contributed by atoms with Gasteiger partial charge in [-0.2, -0.15) is 0 Å². The molecule has 148 valence electrons. The summed E-state index contributed by atoms with van der Waals surface area (Å²) in [5.41, 5.74) is 1.54. The maximum Gasteiger partial charge on any atom is 0.303 e. The van der Waals surface area contributed by atoms with E-state index in [-0.39, 0.29) is 29.1 Å². The lowest BCUT2D eigenvalue weighted by Crippen LogP contribution is -2.52. The number of hydrogen-bond donors (Lipinski definition) is 1. The molecule has 2 aliphatic rings. The van der Waals surface area contributed by atoms with E-state index in [4.69, 9.17) is 9.84 Å². The third-order valence-electron chi connectivity index (χ3n) is 7.22. The lowest BCUT2D eigenvalue weighted by Gasteiger charge is -2.58. The van der Waals surface area contributed by atoms with Crippen molar-refractivity contribution in [3.8, 4) is 0 Å². The molecule has 0 bridgehead atoms. The second-order valence-electron chi connectivity index (χ2n) is 9.38. The molecule has 0 aromatic rings. The average Bonchev–Trinajstić information content (AvgIpc) is 2.51. The van der Waals surface area contributed by atoms with Crippen molar-refractivity contribution in [2.45, 2.75) is 79.1 Å². The highest BCUT2D eigenvalue weighted by Crippen LogP contribution is 2.62. The summed E-state index contributed by atoms with van der Waals surface area (Å²) in [4.78, 5) is 22.3. The smallest absolute Gasteiger partial charge is 0.303 e. The van der Waals surface area contributed by atoms with Gasteiger partial charge in [0.2, 0.25) is 0 Å². The van der Waals surface area contributed by atoms with E-state index in [9.17, 15) is 9.59 Å². The van der Waals surface area contributed by atoms with Crippen LogP contribution in [0.1, 0.15) is 79.1 Å². The van der Waals surface area contributed by atoms with Crippen LogP contribution in [0.2, 0.25) is 0 Å². The van der Waals surface area contributed by atoms with Crippen LogP contribution >= 0.6 is 0 Å². The first-order chi connectivity index (χ1) is 12.1. The second-order valence-corrected chi connectivity index (χ2v) is 9.38. The Morgan fingerprint density at radius 2 is 2.04 bits per heavy atom. The lowest BCUT2D eigenvalue weighted by atomic mass is 9.46. The number of carboxylic acids is 1. The van der Waals surface area contributed by atoms with Gasteiger partial charge < -0.3 is 9.84 Å². The monoisotopic (exact) mass is 364 g/mol. The largest absolute Gasteiger partial charge is 0.481 e. The number of carbonyl (C=O) groups is 2. The molecule has 26 heavy (non-hydrogen) atoms. The standard InChI is InChI=1S/C22H36O4/c1-15(13-20(24)25)7-9-18-16(2)8-10-19-21(4,14-26-17(3)23)11-6-12-22(18,19)5/h15,18-19H,2,6-14H2,1,3-5H3,(H,24,25)/t15-,18+,19+,21+,22-/m1/s1. The minimum Gasteiger partial charge on any atom is -0.481 e. The molecule has 0 aromatic carbocycles. The van der Waals surface area contributed by atoms with Crippen LogP contribution in [-0.2, 0) is 14.3 Å². The molecule has 0 spiro atoms. The topological polar surface area (TPSA) is 63.6 Å². The zero-order chi connectivity index (χ0) is 19.5. The molecule has 2 rings (SSSR count). The maximum absolute atomic E-state index is 11.4. The summed E-state index contributed by atoms with van der Waals surface area (Å²) in [7, 11) is 0. The molecule has 5 atom stereocenters. The number of fused-ring (bicyclic) bond motifs is 1. The molecule has 4 heteroatoms. The number of ether oxygens (including phenoxy) is 1. The number of rotatable bonds is 7. The van der Waals surface area contributed by atoms with Gasteiger partial charge in [0.05, 0.1) is 6.61 Å². The van der Waals surface area contributed by atoms with Crippen molar-refractivity contribution in [1.82, 2.24) is 0 Å². The Bertz CT molecular complexity index is 554. The molecule has 1 N–H and O–H groups in total. The molecule has 0 amide bonds. The van der Waals surface area contributed by atoms with Crippen molar-refractivity contribution < 1.29 is 19.4 Å². The quantitative estimate of drug-likeness (QED) is 0.497. The molecule has 4 nitrogen and oxygen atoms in total. The molecular weight excluding hydrogens is 328 g/mol. The Morgan fingerprint density at radius 3 is 2.65 bits per heavy atom. The van der Waals surface area contributed by atoms with Gasteiger partial charge in [0.25, 0.3) is 0 Å². The van der Waals surface area contributed by atoms with E-state index in [0.717, 1.165) is 38.5 Å². The van der Waals surface area contributed by atoms with E-state index in [1.165, 1.54) is 18.9 Å². The van der Waals surface area contributed by atoms with Gasteiger partial charge >= 0.3 is 11.9 Å². The molecule has 0 radical (unpaired) electrons. The van der Waals surface area contributed by atoms with Crippen LogP contribution < -0.4 is 0 Å². The molecule has 2 aliphatic carbocycles. The summed E-state index contributed by atoms with van der Waals surface area (Å²) in [5, 5.41) is 9.02. The molecule has 0 saturated heterocycles. The SMILES string of the molecule is C=C1CC[C@H]2[C@](C)(COC(C)=O)CCC[C@]2(C)[C@H]1CC[C@@H](C)CC(=O)O. The van der Waals surface area contributed by atoms with E-state index in [1.807, 2.05) is 6.92 Å². The zero-order valence-corrected chi connectivity index (χ0v) is 17.0. The average molecular weight is 365 g/mol. The highest BCUT2D eigenvalue weighted by Gasteiger charge is 2.54. The van der Waals surface area contributed by atoms with Crippen LogP contribution in [0.15, 0.2) is 12.2 Å². The minimum atomic E-state index is -0.712. The molecule has 0 heterocycles. The van der Waals surface area contributed by atoms with Crippen molar-refractivity contribution in [2.24, 2.45) is 28.6 Å². The van der Waals surface area contributed by atoms with Crippen molar-refractivity contribution in [3.05, 3.63) is 12.2 Å². The number of allylic oxidation sites excluding steroid dienone is 1. The fourth-order valence-electron chi connectivity index (χ4n) is 5.91. The third-order valence-corrected chi connectivity index (χ3v) is 7.22. The molecule has 0 unspecified atom stereocenters. The molecule has 0 aromatic heterocycles. The first-order valence-electron chi connectivity index (χ1n) is 10.1. The van der Waals surface area contributed by atoms with Crippen molar-refractivity contribution in [1.29, 1.82) is 0 Å². The summed E-state index contributed by atoms with van der Waals surface area (Å²) in [6.07, 6.45) is 7.78. The van der Waals surface area contributed by atoms with E-state index in [2.05, 4.69) is 20.4 Å². The normalized spacial score (nSPS) is 35.5. The number of carbonyl (C=O) groups excluding carboxylic acids is 1. The minimum absolute atomic E-state index is 0.0320. The summed E-state index contributed by atoms with van der Waals surface area (Å²) in [6, 6.07) is 0. The molecule has 2 fully saturated rings. The number of esters is 1. The van der Waals surface area contributed by atoms with Crippen molar-refractivity contribution >= 4 is 11.9 Å². The van der Waals surface area contributed by atoms with Gasteiger partial charge in [-0.15, -0.1) is 0 Å². The van der Waals surface area contributed by atoms with Crippen LogP contribution in [0.25, 0.3) is 0 Å². The Labute approximate surface area is 158 Å². The lowest BCUT2D eigenvalue weighted by molar-refractivity contribution is -0.153. The van der Waals surface area contributed by atoms with E-state index in [1.54, 1.807) is 0 Å². The van der Waals surface area contributed by atoms with Gasteiger partial charge in [0.1, 0.15) is 0 Å². The van der Waals surface area contributed by atoms with Crippen molar-refractivity contribution in [2.75, 3.05) is 6.61 Å². The second kappa shape index (κ2) is 8.14. The van der Waals surface area contributed by atoms with E-state index < -0.39 is 5.97 Å². The van der Waals surface area contributed by atoms with Crippen LogP contribution in [0.3, 0.4) is 0 Å². The molecule has 2 saturated carbocycles. The highest BCUT2D eigenvalue weighted by molar-refractivity contribution is 5.67. The van der Waals surface area contributed by atoms with Gasteiger partial charge in [-0.3, -0.25) is 9.59 Å². The predicted octanol–water partition coefficient (Wildman–Crippen LogP) is 5.22. The fourth-order valence-corrected chi connectivity index (χ4v) is 5.91. The zero-order valence-electron chi connectivity index (χ0n) is 17.0. The predicted molar refractivity (Wildman–Crippen MR) is 103 cm³/mol. The van der Waals surface area contributed by atoms with Gasteiger partial charge in [0.15, 0.2) is 0 Å². The van der Waals surface area contributed by atoms with Gasteiger partial charge in [-0.05, 0) is 61.7 Å². The van der Waals surface area contributed by atoms with Gasteiger partial charge in [0, 0.05) is 18.8 Å². The van der Waals surface area contributed by atoms with Gasteiger partial charge in [-0.25, -0.2) is 0 Å². The van der Waals surface area contributed by atoms with Crippen LogP contribution in [0, 0.1) is 28.6 Å². The summed E-state index contributed by atoms with van der Waals surface area (Å²) >= 11 is 0. The molecule has 0 aliphatic heterocycles. The van der Waals surface area contributed by atoms with Crippen molar-refractivity contribution in [3.63, 3.8) is 0 Å².